The molecule has 1 aromatic carbocycles. The highest BCUT2D eigenvalue weighted by Crippen LogP contribution is 2.28. The third-order valence-corrected chi connectivity index (χ3v) is 6.57. The van der Waals surface area contributed by atoms with E-state index in [2.05, 4.69) is 31.9 Å². The fourth-order valence-corrected chi connectivity index (χ4v) is 5.10. The molecule has 0 unspecified atom stereocenters. The van der Waals surface area contributed by atoms with Crippen LogP contribution >= 0.6 is 43.2 Å². The van der Waals surface area contributed by atoms with Crippen LogP contribution in [0.1, 0.15) is 5.56 Å². The minimum Gasteiger partial charge on any atom is -0.207 e. The molecule has 0 amide bonds. The highest BCUT2D eigenvalue weighted by molar-refractivity contribution is 9.11. The summed E-state index contributed by atoms with van der Waals surface area (Å²) >= 11 is 8.16. The van der Waals surface area contributed by atoms with Crippen LogP contribution < -0.4 is 0 Å². The van der Waals surface area contributed by atoms with E-state index < -0.39 is 10.0 Å². The van der Waals surface area contributed by atoms with Gasteiger partial charge < -0.3 is 0 Å². The maximum Gasteiger partial charge on any atom is 0.244 e. The third-order valence-electron chi connectivity index (χ3n) is 2.57. The molecule has 1 heterocycles. The van der Waals surface area contributed by atoms with Gasteiger partial charge in [0.2, 0.25) is 10.0 Å². The van der Waals surface area contributed by atoms with Gasteiger partial charge >= 0.3 is 0 Å². The van der Waals surface area contributed by atoms with Crippen molar-refractivity contribution in [3.63, 3.8) is 0 Å². The van der Waals surface area contributed by atoms with Gasteiger partial charge in [-0.2, -0.15) is 15.6 Å². The maximum absolute atomic E-state index is 12.5. The van der Waals surface area contributed by atoms with Gasteiger partial charge in [-0.05, 0) is 56.5 Å². The van der Waals surface area contributed by atoms with E-state index in [-0.39, 0.29) is 4.90 Å². The Bertz CT molecular complexity index is 669. The van der Waals surface area contributed by atoms with Crippen molar-refractivity contribution in [1.29, 1.82) is 0 Å². The molecule has 0 radical (unpaired) electrons. The van der Waals surface area contributed by atoms with Crippen LogP contribution in [0.5, 0.6) is 0 Å². The van der Waals surface area contributed by atoms with Crippen LogP contribution in [0.2, 0.25) is 0 Å². The smallest absolute Gasteiger partial charge is 0.207 e. The number of halogens is 2. The maximum atomic E-state index is 12.5. The van der Waals surface area contributed by atoms with E-state index in [4.69, 9.17) is 0 Å². The summed E-state index contributed by atoms with van der Waals surface area (Å²) in [5.41, 5.74) is 0.990. The Morgan fingerprint density at radius 3 is 2.58 bits per heavy atom. The molecular formula is C12H11Br2NO2S2. The molecule has 0 spiro atoms. The first-order chi connectivity index (χ1) is 8.91. The highest BCUT2D eigenvalue weighted by Gasteiger charge is 2.23. The zero-order chi connectivity index (χ0) is 14.0. The second kappa shape index (κ2) is 6.05. The molecule has 0 atom stereocenters. The van der Waals surface area contributed by atoms with E-state index in [1.54, 1.807) is 36.6 Å². The molecule has 1 aromatic heterocycles. The zero-order valence-electron chi connectivity index (χ0n) is 10.0. The van der Waals surface area contributed by atoms with Crippen LogP contribution in [0.4, 0.5) is 0 Å². The Kier molecular flexibility index (Phi) is 4.84. The van der Waals surface area contributed by atoms with Crippen LogP contribution in [0.3, 0.4) is 0 Å². The molecule has 0 bridgehead atoms. The van der Waals surface area contributed by atoms with Gasteiger partial charge in [-0.1, -0.05) is 15.9 Å². The number of hydrogen-bond donors (Lipinski definition) is 0. The van der Waals surface area contributed by atoms with Crippen molar-refractivity contribution in [2.24, 2.45) is 0 Å². The van der Waals surface area contributed by atoms with Crippen LogP contribution in [-0.4, -0.2) is 19.8 Å². The Morgan fingerprint density at radius 1 is 1.26 bits per heavy atom. The van der Waals surface area contributed by atoms with E-state index in [1.165, 1.54) is 4.31 Å². The van der Waals surface area contributed by atoms with Crippen molar-refractivity contribution in [3.05, 3.63) is 49.5 Å². The lowest BCUT2D eigenvalue weighted by Gasteiger charge is -2.17. The average molecular weight is 425 g/mol. The first kappa shape index (κ1) is 15.2. The predicted molar refractivity (Wildman–Crippen MR) is 84.8 cm³/mol. The molecule has 0 aliphatic heterocycles. The van der Waals surface area contributed by atoms with Crippen LogP contribution in [0.15, 0.2) is 48.9 Å². The lowest BCUT2D eigenvalue weighted by atomic mass is 10.3. The molecule has 2 rings (SSSR count). The fraction of sp³-hybridized carbons (Fsp3) is 0.167. The summed E-state index contributed by atoms with van der Waals surface area (Å²) in [5.74, 6) is 0. The molecule has 19 heavy (non-hydrogen) atoms. The largest absolute Gasteiger partial charge is 0.244 e. The van der Waals surface area contributed by atoms with Gasteiger partial charge in [-0.3, -0.25) is 0 Å². The lowest BCUT2D eigenvalue weighted by molar-refractivity contribution is 0.467. The van der Waals surface area contributed by atoms with Gasteiger partial charge in [0.25, 0.3) is 0 Å². The van der Waals surface area contributed by atoms with Crippen molar-refractivity contribution in [2.45, 2.75) is 11.4 Å². The fourth-order valence-electron chi connectivity index (χ4n) is 1.58. The standard InChI is InChI=1S/C12H11Br2NO2S2/c1-15(7-9-4-5-18-8-9)19(16,17)12-3-2-10(13)6-11(12)14/h2-6,8H,7H2,1H3. The van der Waals surface area contributed by atoms with Crippen molar-refractivity contribution in [1.82, 2.24) is 4.31 Å². The van der Waals surface area contributed by atoms with Crippen molar-refractivity contribution in [2.75, 3.05) is 7.05 Å². The molecule has 3 nitrogen and oxygen atoms in total. The Balaban J connectivity index is 2.31. The lowest BCUT2D eigenvalue weighted by Crippen LogP contribution is -2.26. The number of thiophene rings is 1. The van der Waals surface area contributed by atoms with Crippen molar-refractivity contribution in [3.8, 4) is 0 Å². The molecule has 0 saturated carbocycles. The molecule has 0 saturated heterocycles. The summed E-state index contributed by atoms with van der Waals surface area (Å²) in [5, 5.41) is 3.88. The molecular weight excluding hydrogens is 414 g/mol. The van der Waals surface area contributed by atoms with Gasteiger partial charge in [0, 0.05) is 22.5 Å². The molecule has 0 fully saturated rings. The predicted octanol–water partition coefficient (Wildman–Crippen LogP) is 4.09. The van der Waals surface area contributed by atoms with Gasteiger partial charge in [0.1, 0.15) is 0 Å². The summed E-state index contributed by atoms with van der Waals surface area (Å²) in [6.45, 7) is 0.369. The van der Waals surface area contributed by atoms with Gasteiger partial charge in [0.15, 0.2) is 0 Å². The van der Waals surface area contributed by atoms with Gasteiger partial charge in [-0.15, -0.1) is 0 Å². The van der Waals surface area contributed by atoms with Crippen LogP contribution in [0.25, 0.3) is 0 Å². The monoisotopic (exact) mass is 423 g/mol. The van der Waals surface area contributed by atoms with Crippen molar-refractivity contribution >= 4 is 53.2 Å². The van der Waals surface area contributed by atoms with Crippen LogP contribution in [-0.2, 0) is 16.6 Å². The molecule has 0 aliphatic carbocycles. The SMILES string of the molecule is CN(Cc1ccsc1)S(=O)(=O)c1ccc(Br)cc1Br. The molecule has 0 aliphatic rings. The normalized spacial score (nSPS) is 12.0. The summed E-state index contributed by atoms with van der Waals surface area (Å²) in [4.78, 5) is 0.272. The van der Waals surface area contributed by atoms with E-state index in [0.717, 1.165) is 10.0 Å². The summed E-state index contributed by atoms with van der Waals surface area (Å²) in [6.07, 6.45) is 0. The first-order valence-corrected chi connectivity index (χ1v) is 9.30. The van der Waals surface area contributed by atoms with Crippen molar-refractivity contribution < 1.29 is 8.42 Å². The number of benzene rings is 1. The first-order valence-electron chi connectivity index (χ1n) is 5.34. The number of nitrogens with zero attached hydrogens (tertiary/aromatic N) is 1. The molecule has 0 N–H and O–H groups in total. The van der Waals surface area contributed by atoms with E-state index in [9.17, 15) is 8.42 Å². The topological polar surface area (TPSA) is 37.4 Å². The minimum atomic E-state index is -3.49. The number of sulfonamides is 1. The summed E-state index contributed by atoms with van der Waals surface area (Å²) < 4.78 is 27.7. The van der Waals surface area contributed by atoms with Gasteiger partial charge in [-0.25, -0.2) is 8.42 Å². The van der Waals surface area contributed by atoms with Crippen LogP contribution in [0, 0.1) is 0 Å². The highest BCUT2D eigenvalue weighted by atomic mass is 79.9. The molecule has 102 valence electrons. The van der Waals surface area contributed by atoms with E-state index in [1.807, 2.05) is 16.8 Å². The summed E-state index contributed by atoms with van der Waals surface area (Å²) in [7, 11) is -1.91. The number of rotatable bonds is 4. The van der Waals surface area contributed by atoms with E-state index in [0.29, 0.717) is 11.0 Å². The third kappa shape index (κ3) is 3.46. The van der Waals surface area contributed by atoms with E-state index >= 15 is 0 Å². The molecule has 7 heteroatoms. The van der Waals surface area contributed by atoms with Gasteiger partial charge in [0.05, 0.1) is 4.90 Å². The Morgan fingerprint density at radius 2 is 2.00 bits per heavy atom. The second-order valence-corrected chi connectivity index (χ2v) is 8.53. The average Bonchev–Trinajstić information content (AvgIpc) is 2.81. The zero-order valence-corrected chi connectivity index (χ0v) is 14.8. The summed E-state index contributed by atoms with van der Waals surface area (Å²) in [6, 6.07) is 6.96. The minimum absolute atomic E-state index is 0.272. The quantitative estimate of drug-likeness (QED) is 0.740. The molecule has 2 aromatic rings. The Hall–Kier alpha value is -0.210. The second-order valence-electron chi connectivity index (χ2n) is 3.97. The number of hydrogen-bond acceptors (Lipinski definition) is 3. The Labute approximate surface area is 133 Å².